The predicted molar refractivity (Wildman–Crippen MR) is 195 cm³/mol. The fraction of sp³-hybridized carbons (Fsp3) is 1.00. The Bertz CT molecular complexity index is 469. The summed E-state index contributed by atoms with van der Waals surface area (Å²) < 4.78 is 7.55. The standard InChI is InChI=1S/C38H78OS2/c1-7-13-17-21-23-25-27-31-35-40-37(11-5,33-29-19-15-9-3)39-38(12-6,34-30-20-16-10-4)41-36-32-28-26-24-22-18-14-8-2/h7-36H2,1-6H3. The third-order valence-corrected chi connectivity index (χ3v) is 12.2. The molecule has 0 bridgehead atoms. The van der Waals surface area contributed by atoms with E-state index in [0.717, 1.165) is 12.8 Å². The largest absolute Gasteiger partial charge is 0.347 e. The molecule has 0 saturated heterocycles. The van der Waals surface area contributed by atoms with Crippen molar-refractivity contribution in [1.82, 2.24) is 0 Å². The van der Waals surface area contributed by atoms with Crippen LogP contribution in [-0.4, -0.2) is 21.4 Å². The number of unbranched alkanes of at least 4 members (excludes halogenated alkanes) is 20. The maximum absolute atomic E-state index is 7.55. The molecule has 0 spiro atoms. The second kappa shape index (κ2) is 30.7. The summed E-state index contributed by atoms with van der Waals surface area (Å²) in [4.78, 5) is 0.00379. The van der Waals surface area contributed by atoms with Gasteiger partial charge in [0.05, 0.1) is 0 Å². The van der Waals surface area contributed by atoms with Crippen LogP contribution in [0.4, 0.5) is 0 Å². The Kier molecular flexibility index (Phi) is 31.2. The zero-order valence-corrected chi connectivity index (χ0v) is 31.1. The molecule has 0 fully saturated rings. The first-order valence-corrected chi connectivity index (χ1v) is 21.0. The molecule has 0 aliphatic heterocycles. The van der Waals surface area contributed by atoms with Crippen LogP contribution in [0.15, 0.2) is 0 Å². The van der Waals surface area contributed by atoms with E-state index in [-0.39, 0.29) is 9.87 Å². The molecule has 0 N–H and O–H groups in total. The Labute approximate surface area is 270 Å². The second-order valence-electron chi connectivity index (χ2n) is 12.9. The molecule has 2 unspecified atom stereocenters. The van der Waals surface area contributed by atoms with E-state index >= 15 is 0 Å². The van der Waals surface area contributed by atoms with Gasteiger partial charge in [-0.3, -0.25) is 0 Å². The quantitative estimate of drug-likeness (QED) is 0.0527. The maximum atomic E-state index is 7.55. The topological polar surface area (TPSA) is 9.23 Å². The minimum Gasteiger partial charge on any atom is -0.347 e. The Morgan fingerprint density at radius 2 is 0.610 bits per heavy atom. The monoisotopic (exact) mass is 615 g/mol. The van der Waals surface area contributed by atoms with Crippen molar-refractivity contribution < 1.29 is 4.74 Å². The fourth-order valence-corrected chi connectivity index (χ4v) is 8.89. The smallest absolute Gasteiger partial charge is 0.115 e. The molecular formula is C38H78OS2. The first-order chi connectivity index (χ1) is 20.1. The van der Waals surface area contributed by atoms with Gasteiger partial charge in [-0.15, -0.1) is 23.5 Å². The van der Waals surface area contributed by atoms with Crippen LogP contribution in [0.25, 0.3) is 0 Å². The van der Waals surface area contributed by atoms with Crippen molar-refractivity contribution in [3.8, 4) is 0 Å². The van der Waals surface area contributed by atoms with Crippen LogP contribution in [0.2, 0.25) is 0 Å². The van der Waals surface area contributed by atoms with Gasteiger partial charge in [0, 0.05) is 0 Å². The van der Waals surface area contributed by atoms with E-state index in [4.69, 9.17) is 4.74 Å². The molecule has 0 heterocycles. The van der Waals surface area contributed by atoms with Crippen LogP contribution in [0, 0.1) is 0 Å². The van der Waals surface area contributed by atoms with Crippen molar-refractivity contribution in [3.63, 3.8) is 0 Å². The number of hydrogen-bond donors (Lipinski definition) is 0. The van der Waals surface area contributed by atoms with Gasteiger partial charge >= 0.3 is 0 Å². The SMILES string of the molecule is CCCCCCCCCCSC(CC)(CCCCCC)OC(CC)(CCCCCC)SCCCCCCCCCC. The predicted octanol–water partition coefficient (Wildman–Crippen LogP) is 14.9. The lowest BCUT2D eigenvalue weighted by Gasteiger charge is -2.43. The van der Waals surface area contributed by atoms with Gasteiger partial charge in [-0.25, -0.2) is 0 Å². The van der Waals surface area contributed by atoms with Gasteiger partial charge in [0.15, 0.2) is 0 Å². The normalized spacial score (nSPS) is 14.8. The van der Waals surface area contributed by atoms with Gasteiger partial charge < -0.3 is 4.74 Å². The zero-order chi connectivity index (χ0) is 30.3. The zero-order valence-electron chi connectivity index (χ0n) is 29.4. The molecule has 0 aromatic carbocycles. The lowest BCUT2D eigenvalue weighted by atomic mass is 10.0. The number of thioether (sulfide) groups is 2. The Hall–Kier alpha value is 0.660. The lowest BCUT2D eigenvalue weighted by Crippen LogP contribution is -2.41. The molecule has 0 amide bonds. The molecule has 0 saturated carbocycles. The average Bonchev–Trinajstić information content (AvgIpc) is 2.99. The summed E-state index contributed by atoms with van der Waals surface area (Å²) in [6.07, 6.45) is 38.0. The molecule has 0 radical (unpaired) electrons. The van der Waals surface area contributed by atoms with E-state index in [1.54, 1.807) is 0 Å². The van der Waals surface area contributed by atoms with Gasteiger partial charge in [-0.2, -0.15) is 0 Å². The number of hydrogen-bond acceptors (Lipinski definition) is 3. The van der Waals surface area contributed by atoms with Crippen molar-refractivity contribution in [3.05, 3.63) is 0 Å². The third-order valence-electron chi connectivity index (χ3n) is 9.00. The van der Waals surface area contributed by atoms with Gasteiger partial charge in [0.2, 0.25) is 0 Å². The fourth-order valence-electron chi connectivity index (χ4n) is 5.98. The van der Waals surface area contributed by atoms with Crippen LogP contribution in [0.1, 0.15) is 221 Å². The van der Waals surface area contributed by atoms with Crippen LogP contribution in [0.5, 0.6) is 0 Å². The Morgan fingerprint density at radius 1 is 0.341 bits per heavy atom. The van der Waals surface area contributed by atoms with E-state index in [1.165, 1.54) is 178 Å². The molecule has 0 aromatic rings. The summed E-state index contributed by atoms with van der Waals surface area (Å²) >= 11 is 4.41. The maximum Gasteiger partial charge on any atom is 0.115 e. The van der Waals surface area contributed by atoms with Gasteiger partial charge in [0.25, 0.3) is 0 Å². The van der Waals surface area contributed by atoms with Crippen molar-refractivity contribution in [2.45, 2.75) is 231 Å². The highest BCUT2D eigenvalue weighted by Crippen LogP contribution is 2.47. The van der Waals surface area contributed by atoms with Gasteiger partial charge in [-0.05, 0) is 62.9 Å². The molecule has 41 heavy (non-hydrogen) atoms. The molecule has 0 aromatic heterocycles. The minimum atomic E-state index is 0.00190. The van der Waals surface area contributed by atoms with E-state index in [9.17, 15) is 0 Å². The van der Waals surface area contributed by atoms with Crippen molar-refractivity contribution in [1.29, 1.82) is 0 Å². The molecule has 2 atom stereocenters. The summed E-state index contributed by atoms with van der Waals surface area (Å²) in [5, 5.41) is 0. The molecule has 248 valence electrons. The van der Waals surface area contributed by atoms with Crippen LogP contribution in [-0.2, 0) is 4.74 Å². The first kappa shape index (κ1) is 41.7. The van der Waals surface area contributed by atoms with Crippen molar-refractivity contribution in [2.75, 3.05) is 11.5 Å². The van der Waals surface area contributed by atoms with Crippen LogP contribution < -0.4 is 0 Å². The average molecular weight is 615 g/mol. The molecular weight excluding hydrogens is 537 g/mol. The van der Waals surface area contributed by atoms with E-state index in [2.05, 4.69) is 65.1 Å². The molecule has 3 heteroatoms. The van der Waals surface area contributed by atoms with Crippen LogP contribution in [0.3, 0.4) is 0 Å². The Balaban J connectivity index is 5.17. The second-order valence-corrected chi connectivity index (χ2v) is 15.8. The van der Waals surface area contributed by atoms with Gasteiger partial charge in [0.1, 0.15) is 9.87 Å². The van der Waals surface area contributed by atoms with Gasteiger partial charge in [-0.1, -0.05) is 170 Å². The Morgan fingerprint density at radius 3 is 0.902 bits per heavy atom. The molecule has 0 aliphatic carbocycles. The highest BCUT2D eigenvalue weighted by atomic mass is 32.2. The van der Waals surface area contributed by atoms with Crippen molar-refractivity contribution in [2.24, 2.45) is 0 Å². The lowest BCUT2D eigenvalue weighted by molar-refractivity contribution is -0.0700. The highest BCUT2D eigenvalue weighted by molar-refractivity contribution is 8.01. The highest BCUT2D eigenvalue weighted by Gasteiger charge is 2.40. The number of ether oxygens (including phenoxy) is 1. The third kappa shape index (κ3) is 23.7. The van der Waals surface area contributed by atoms with E-state index in [0.29, 0.717) is 0 Å². The summed E-state index contributed by atoms with van der Waals surface area (Å²) in [5.41, 5.74) is 0. The van der Waals surface area contributed by atoms with E-state index < -0.39 is 0 Å². The first-order valence-electron chi connectivity index (χ1n) is 19.1. The van der Waals surface area contributed by atoms with E-state index in [1.807, 2.05) is 0 Å². The molecule has 0 rings (SSSR count). The van der Waals surface area contributed by atoms with Crippen LogP contribution >= 0.6 is 23.5 Å². The summed E-state index contributed by atoms with van der Waals surface area (Å²) in [6.45, 7) is 14.1. The summed E-state index contributed by atoms with van der Waals surface area (Å²) in [5.74, 6) is 2.55. The molecule has 0 aliphatic rings. The summed E-state index contributed by atoms with van der Waals surface area (Å²) in [7, 11) is 0. The molecule has 1 nitrogen and oxygen atoms in total. The van der Waals surface area contributed by atoms with Crippen molar-refractivity contribution >= 4 is 23.5 Å². The number of rotatable bonds is 34. The minimum absolute atomic E-state index is 0.00190. The summed E-state index contributed by atoms with van der Waals surface area (Å²) in [6, 6.07) is 0.